The molecule has 0 saturated carbocycles. The number of amides is 1. The molecule has 0 bridgehead atoms. The largest absolute Gasteiger partial charge is 0.489 e. The van der Waals surface area contributed by atoms with Gasteiger partial charge in [0.1, 0.15) is 17.5 Å². The first-order chi connectivity index (χ1) is 14.7. The van der Waals surface area contributed by atoms with Crippen LogP contribution in [-0.2, 0) is 17.9 Å². The maximum atomic E-state index is 12.5. The van der Waals surface area contributed by atoms with Gasteiger partial charge in [-0.05, 0) is 31.0 Å². The van der Waals surface area contributed by atoms with Crippen LogP contribution in [-0.4, -0.2) is 39.4 Å². The number of unbranched alkanes of at least 4 members (excludes halogenated alkanes) is 1. The molecule has 1 amide bonds. The first kappa shape index (κ1) is 20.4. The SMILES string of the molecule is CCCC[C@@H]1CN(CCC(=O)NCc2cn3ccccc3n2)Cc2ccccc2O1. The van der Waals surface area contributed by atoms with Gasteiger partial charge in [0.25, 0.3) is 0 Å². The van der Waals surface area contributed by atoms with Crippen LogP contribution in [0.5, 0.6) is 5.75 Å². The van der Waals surface area contributed by atoms with E-state index in [1.165, 1.54) is 5.56 Å². The number of nitrogens with one attached hydrogen (secondary N) is 1. The fourth-order valence-corrected chi connectivity index (χ4v) is 3.92. The lowest BCUT2D eigenvalue weighted by Gasteiger charge is -2.23. The smallest absolute Gasteiger partial charge is 0.221 e. The first-order valence-electron chi connectivity index (χ1n) is 10.9. The molecule has 1 N–H and O–H groups in total. The van der Waals surface area contributed by atoms with Gasteiger partial charge in [0.2, 0.25) is 5.91 Å². The fourth-order valence-electron chi connectivity index (χ4n) is 3.92. The zero-order chi connectivity index (χ0) is 20.8. The predicted octanol–water partition coefficient (Wildman–Crippen LogP) is 3.79. The van der Waals surface area contributed by atoms with E-state index >= 15 is 0 Å². The molecule has 3 heterocycles. The molecule has 6 nitrogen and oxygen atoms in total. The Morgan fingerprint density at radius 2 is 2.10 bits per heavy atom. The average molecular weight is 407 g/mol. The van der Waals surface area contributed by atoms with Gasteiger partial charge in [0, 0.05) is 44.0 Å². The Bertz CT molecular complexity index is 951. The Kier molecular flexibility index (Phi) is 6.64. The van der Waals surface area contributed by atoms with Crippen LogP contribution in [0, 0.1) is 0 Å². The summed E-state index contributed by atoms with van der Waals surface area (Å²) in [6.07, 6.45) is 7.92. The van der Waals surface area contributed by atoms with Crippen LogP contribution in [0.15, 0.2) is 54.9 Å². The number of rotatable bonds is 8. The van der Waals surface area contributed by atoms with Crippen LogP contribution in [0.1, 0.15) is 43.9 Å². The van der Waals surface area contributed by atoms with Gasteiger partial charge in [-0.3, -0.25) is 9.69 Å². The highest BCUT2D eigenvalue weighted by atomic mass is 16.5. The van der Waals surface area contributed by atoms with Crippen molar-refractivity contribution in [1.29, 1.82) is 0 Å². The van der Waals surface area contributed by atoms with Crippen LogP contribution < -0.4 is 10.1 Å². The maximum absolute atomic E-state index is 12.5. The van der Waals surface area contributed by atoms with Gasteiger partial charge in [-0.2, -0.15) is 0 Å². The van der Waals surface area contributed by atoms with Gasteiger partial charge in [0.05, 0.1) is 12.2 Å². The predicted molar refractivity (Wildman–Crippen MR) is 117 cm³/mol. The molecule has 4 rings (SSSR count). The van der Waals surface area contributed by atoms with Crippen molar-refractivity contribution in [2.45, 2.75) is 51.8 Å². The molecular weight excluding hydrogens is 376 g/mol. The summed E-state index contributed by atoms with van der Waals surface area (Å²) in [6, 6.07) is 14.1. The second kappa shape index (κ2) is 9.76. The monoisotopic (exact) mass is 406 g/mol. The normalized spacial score (nSPS) is 16.6. The highest BCUT2D eigenvalue weighted by Gasteiger charge is 2.22. The van der Waals surface area contributed by atoms with Crippen molar-refractivity contribution in [3.8, 4) is 5.75 Å². The molecule has 1 aliphatic heterocycles. The van der Waals surface area contributed by atoms with Gasteiger partial charge in [-0.15, -0.1) is 0 Å². The Morgan fingerprint density at radius 3 is 2.97 bits per heavy atom. The summed E-state index contributed by atoms with van der Waals surface area (Å²) in [5, 5.41) is 3.01. The maximum Gasteiger partial charge on any atom is 0.221 e. The number of carbonyl (C=O) groups excluding carboxylic acids is 1. The summed E-state index contributed by atoms with van der Waals surface area (Å²) in [6.45, 7) is 5.05. The van der Waals surface area contributed by atoms with Crippen LogP contribution in [0.2, 0.25) is 0 Å². The number of hydrogen-bond acceptors (Lipinski definition) is 4. The van der Waals surface area contributed by atoms with E-state index in [2.05, 4.69) is 34.3 Å². The molecule has 3 aromatic rings. The van der Waals surface area contributed by atoms with Crippen LogP contribution in [0.4, 0.5) is 0 Å². The summed E-state index contributed by atoms with van der Waals surface area (Å²) >= 11 is 0. The van der Waals surface area contributed by atoms with E-state index in [9.17, 15) is 4.79 Å². The third-order valence-electron chi connectivity index (χ3n) is 5.54. The molecule has 1 atom stereocenters. The van der Waals surface area contributed by atoms with E-state index in [0.29, 0.717) is 13.0 Å². The van der Waals surface area contributed by atoms with Gasteiger partial charge in [-0.1, -0.05) is 37.6 Å². The summed E-state index contributed by atoms with van der Waals surface area (Å²) in [7, 11) is 0. The van der Waals surface area contributed by atoms with Gasteiger partial charge >= 0.3 is 0 Å². The number of ether oxygens (including phenoxy) is 1. The number of benzene rings is 1. The molecule has 0 saturated heterocycles. The number of pyridine rings is 1. The number of hydrogen-bond donors (Lipinski definition) is 1. The molecule has 30 heavy (non-hydrogen) atoms. The van der Waals surface area contributed by atoms with Gasteiger partial charge < -0.3 is 14.5 Å². The Labute approximate surface area is 177 Å². The molecule has 0 radical (unpaired) electrons. The number of nitrogens with zero attached hydrogens (tertiary/aromatic N) is 3. The van der Waals surface area contributed by atoms with Crippen LogP contribution >= 0.6 is 0 Å². The number of fused-ring (bicyclic) bond motifs is 2. The number of aromatic nitrogens is 2. The van der Waals surface area contributed by atoms with E-state index in [-0.39, 0.29) is 12.0 Å². The quantitative estimate of drug-likeness (QED) is 0.618. The van der Waals surface area contributed by atoms with Crippen molar-refractivity contribution >= 4 is 11.6 Å². The Balaban J connectivity index is 1.31. The second-order valence-corrected chi connectivity index (χ2v) is 7.95. The summed E-state index contributed by atoms with van der Waals surface area (Å²) in [5.74, 6) is 1.04. The molecule has 1 aliphatic rings. The average Bonchev–Trinajstić information content (AvgIpc) is 3.09. The van der Waals surface area contributed by atoms with Crippen molar-refractivity contribution in [2.75, 3.05) is 13.1 Å². The van der Waals surface area contributed by atoms with Gasteiger partial charge in [-0.25, -0.2) is 4.98 Å². The molecule has 0 spiro atoms. The summed E-state index contributed by atoms with van der Waals surface area (Å²) in [4.78, 5) is 19.3. The Hall–Kier alpha value is -2.86. The topological polar surface area (TPSA) is 58.9 Å². The van der Waals surface area contributed by atoms with E-state index in [0.717, 1.165) is 56.0 Å². The van der Waals surface area contributed by atoms with E-state index < -0.39 is 0 Å². The lowest BCUT2D eigenvalue weighted by Crippen LogP contribution is -2.35. The third kappa shape index (κ3) is 5.19. The molecule has 158 valence electrons. The second-order valence-electron chi connectivity index (χ2n) is 7.95. The van der Waals surface area contributed by atoms with Crippen molar-refractivity contribution in [2.24, 2.45) is 0 Å². The molecule has 0 unspecified atom stereocenters. The summed E-state index contributed by atoms with van der Waals surface area (Å²) < 4.78 is 8.24. The van der Waals surface area contributed by atoms with E-state index in [1.54, 1.807) is 0 Å². The minimum atomic E-state index is 0.0515. The third-order valence-corrected chi connectivity index (χ3v) is 5.54. The van der Waals surface area contributed by atoms with Crippen molar-refractivity contribution in [1.82, 2.24) is 19.6 Å². The first-order valence-corrected chi connectivity index (χ1v) is 10.9. The fraction of sp³-hybridized carbons (Fsp3) is 0.417. The molecular formula is C24H30N4O2. The highest BCUT2D eigenvalue weighted by Crippen LogP contribution is 2.26. The van der Waals surface area contributed by atoms with Crippen molar-refractivity contribution < 1.29 is 9.53 Å². The number of para-hydroxylation sites is 1. The van der Waals surface area contributed by atoms with E-state index in [1.807, 2.05) is 47.1 Å². The number of imidazole rings is 1. The van der Waals surface area contributed by atoms with Crippen molar-refractivity contribution in [3.05, 3.63) is 66.1 Å². The molecule has 2 aromatic heterocycles. The molecule has 6 heteroatoms. The standard InChI is InChI=1S/C24H30N4O2/c1-2-3-9-21-18-27(16-19-8-4-5-10-22(19)30-21)14-12-24(29)25-15-20-17-28-13-7-6-11-23(28)26-20/h4-8,10-11,13,17,21H,2-3,9,12,14-16,18H2,1H3,(H,25,29)/t21-/m1/s1. The molecule has 1 aromatic carbocycles. The minimum absolute atomic E-state index is 0.0515. The minimum Gasteiger partial charge on any atom is -0.489 e. The van der Waals surface area contributed by atoms with Crippen LogP contribution in [0.25, 0.3) is 5.65 Å². The van der Waals surface area contributed by atoms with E-state index in [4.69, 9.17) is 4.74 Å². The number of carbonyl (C=O) groups is 1. The zero-order valence-electron chi connectivity index (χ0n) is 17.6. The molecule has 0 aliphatic carbocycles. The summed E-state index contributed by atoms with van der Waals surface area (Å²) in [5.41, 5.74) is 2.95. The lowest BCUT2D eigenvalue weighted by molar-refractivity contribution is -0.121. The Morgan fingerprint density at radius 1 is 1.23 bits per heavy atom. The van der Waals surface area contributed by atoms with Crippen molar-refractivity contribution in [3.63, 3.8) is 0 Å². The van der Waals surface area contributed by atoms with Crippen LogP contribution in [0.3, 0.4) is 0 Å². The molecule has 0 fully saturated rings. The van der Waals surface area contributed by atoms with Gasteiger partial charge in [0.15, 0.2) is 0 Å². The lowest BCUT2D eigenvalue weighted by atomic mass is 10.1. The zero-order valence-corrected chi connectivity index (χ0v) is 17.6. The highest BCUT2D eigenvalue weighted by molar-refractivity contribution is 5.76.